The molecule has 0 aliphatic carbocycles. The van der Waals surface area contributed by atoms with Gasteiger partial charge >= 0.3 is 0 Å². The van der Waals surface area contributed by atoms with Gasteiger partial charge < -0.3 is 10.2 Å². The molecular formula is C25H20FN3OS. The molecule has 0 radical (unpaired) electrons. The van der Waals surface area contributed by atoms with E-state index >= 15 is 0 Å². The van der Waals surface area contributed by atoms with Crippen LogP contribution in [0.1, 0.15) is 29.3 Å². The number of thiazole rings is 1. The number of rotatable bonds is 6. The van der Waals surface area contributed by atoms with E-state index in [0.29, 0.717) is 6.61 Å². The molecule has 1 N–H and O–H groups in total. The fourth-order valence-corrected chi connectivity index (χ4v) is 4.31. The van der Waals surface area contributed by atoms with Gasteiger partial charge in [-0.05, 0) is 35.4 Å². The molecule has 4 nitrogen and oxygen atoms in total. The molecule has 1 unspecified atom stereocenters. The number of hydrazone groups is 1. The van der Waals surface area contributed by atoms with E-state index in [1.165, 1.54) is 12.1 Å². The normalized spacial score (nSPS) is 15.4. The van der Waals surface area contributed by atoms with Gasteiger partial charge in [-0.15, -0.1) is 11.3 Å². The summed E-state index contributed by atoms with van der Waals surface area (Å²) in [6, 6.07) is 24.7. The number of hydrogen-bond donors (Lipinski definition) is 1. The monoisotopic (exact) mass is 429 g/mol. The zero-order chi connectivity index (χ0) is 21.0. The van der Waals surface area contributed by atoms with Crippen LogP contribution in [0.15, 0.2) is 89.3 Å². The zero-order valence-electron chi connectivity index (χ0n) is 16.7. The zero-order valence-corrected chi connectivity index (χ0v) is 17.5. The molecule has 0 saturated carbocycles. The number of hydrogen-bond acceptors (Lipinski definition) is 5. The number of ether oxygens (including phenoxy) is 1. The van der Waals surface area contributed by atoms with Crippen LogP contribution in [0.3, 0.4) is 0 Å². The number of aromatic nitrogens is 1. The fraction of sp³-hybridized carbons (Fsp3) is 0.120. The van der Waals surface area contributed by atoms with Crippen LogP contribution < -0.4 is 10.2 Å². The molecule has 0 saturated heterocycles. The second-order valence-corrected chi connectivity index (χ2v) is 8.18. The van der Waals surface area contributed by atoms with Crippen molar-refractivity contribution in [2.45, 2.75) is 19.1 Å². The third-order valence-electron chi connectivity index (χ3n) is 5.17. The van der Waals surface area contributed by atoms with Crippen LogP contribution in [0, 0.1) is 5.82 Å². The molecule has 1 atom stereocenters. The summed E-state index contributed by atoms with van der Waals surface area (Å²) < 4.78 is 19.1. The van der Waals surface area contributed by atoms with E-state index in [-0.39, 0.29) is 11.9 Å². The Labute approximate surface area is 184 Å². The Hall–Kier alpha value is -3.51. The van der Waals surface area contributed by atoms with E-state index in [0.717, 1.165) is 45.3 Å². The van der Waals surface area contributed by atoms with Gasteiger partial charge in [0.2, 0.25) is 0 Å². The predicted octanol–water partition coefficient (Wildman–Crippen LogP) is 5.97. The molecular weight excluding hydrogens is 409 g/mol. The minimum absolute atomic E-state index is 0.0982. The second-order valence-electron chi connectivity index (χ2n) is 7.32. The Morgan fingerprint density at radius 1 is 0.935 bits per heavy atom. The topological polar surface area (TPSA) is 46.5 Å². The first kappa shape index (κ1) is 19.5. The van der Waals surface area contributed by atoms with Crippen molar-refractivity contribution in [2.24, 2.45) is 5.10 Å². The molecule has 1 aliphatic heterocycles. The highest BCUT2D eigenvalue weighted by Crippen LogP contribution is 2.27. The lowest BCUT2D eigenvalue weighted by molar-refractivity contribution is 0.302. The lowest BCUT2D eigenvalue weighted by atomic mass is 9.99. The summed E-state index contributed by atoms with van der Waals surface area (Å²) in [5, 5.41) is 7.46. The lowest BCUT2D eigenvalue weighted by Gasteiger charge is -2.11. The van der Waals surface area contributed by atoms with Gasteiger partial charge in [-0.25, -0.2) is 9.37 Å². The molecule has 0 amide bonds. The van der Waals surface area contributed by atoms with Gasteiger partial charge in [-0.3, -0.25) is 0 Å². The Morgan fingerprint density at radius 2 is 1.71 bits per heavy atom. The van der Waals surface area contributed by atoms with Gasteiger partial charge in [0.15, 0.2) is 0 Å². The van der Waals surface area contributed by atoms with Crippen molar-refractivity contribution in [2.75, 3.05) is 0 Å². The molecule has 6 heteroatoms. The summed E-state index contributed by atoms with van der Waals surface area (Å²) in [6.07, 6.45) is 0.757. The van der Waals surface area contributed by atoms with Crippen molar-refractivity contribution < 1.29 is 9.13 Å². The summed E-state index contributed by atoms with van der Waals surface area (Å²) in [5.41, 5.74) is 8.22. The average Bonchev–Trinajstić information content (AvgIpc) is 3.50. The lowest BCUT2D eigenvalue weighted by Crippen LogP contribution is -2.09. The maximum atomic E-state index is 13.1. The third kappa shape index (κ3) is 4.49. The van der Waals surface area contributed by atoms with Gasteiger partial charge in [-0.2, -0.15) is 5.10 Å². The number of benzene rings is 3. The van der Waals surface area contributed by atoms with E-state index in [2.05, 4.69) is 27.6 Å². The quantitative estimate of drug-likeness (QED) is 0.411. The van der Waals surface area contributed by atoms with Gasteiger partial charge in [0.05, 0.1) is 17.4 Å². The molecule has 0 fully saturated rings. The predicted molar refractivity (Wildman–Crippen MR) is 122 cm³/mol. The SMILES string of the molecule is Fc1ccc(C2=NNC(c3ccc(OCc4csc(-c5ccccc5)n4)cc3)C2)cc1. The number of nitrogens with one attached hydrogen (secondary N) is 1. The van der Waals surface area contributed by atoms with Crippen LogP contribution in [0.2, 0.25) is 0 Å². The van der Waals surface area contributed by atoms with Crippen molar-refractivity contribution in [3.05, 3.63) is 107 Å². The smallest absolute Gasteiger partial charge is 0.131 e. The van der Waals surface area contributed by atoms with Gasteiger partial charge in [0, 0.05) is 17.4 Å². The van der Waals surface area contributed by atoms with Crippen LogP contribution >= 0.6 is 11.3 Å². The highest BCUT2D eigenvalue weighted by molar-refractivity contribution is 7.13. The largest absolute Gasteiger partial charge is 0.487 e. The number of nitrogens with zero attached hydrogens (tertiary/aromatic N) is 2. The maximum absolute atomic E-state index is 13.1. The fourth-order valence-electron chi connectivity index (χ4n) is 3.50. The van der Waals surface area contributed by atoms with Crippen molar-refractivity contribution >= 4 is 17.0 Å². The summed E-state index contributed by atoms with van der Waals surface area (Å²) in [6.45, 7) is 0.433. The van der Waals surface area contributed by atoms with Crippen LogP contribution in [0.4, 0.5) is 4.39 Å². The van der Waals surface area contributed by atoms with Crippen LogP contribution in [0.5, 0.6) is 5.75 Å². The highest BCUT2D eigenvalue weighted by Gasteiger charge is 2.21. The van der Waals surface area contributed by atoms with E-state index < -0.39 is 0 Å². The molecule has 0 bridgehead atoms. The van der Waals surface area contributed by atoms with Crippen LogP contribution in [0.25, 0.3) is 10.6 Å². The van der Waals surface area contributed by atoms with E-state index in [1.54, 1.807) is 23.5 Å². The molecule has 31 heavy (non-hydrogen) atoms. The highest BCUT2D eigenvalue weighted by atomic mass is 32.1. The van der Waals surface area contributed by atoms with E-state index in [9.17, 15) is 4.39 Å². The van der Waals surface area contributed by atoms with E-state index in [4.69, 9.17) is 4.74 Å². The molecule has 5 rings (SSSR count). The first-order valence-corrected chi connectivity index (χ1v) is 10.9. The summed E-state index contributed by atoms with van der Waals surface area (Å²) in [7, 11) is 0. The molecule has 0 spiro atoms. The molecule has 4 aromatic rings. The maximum Gasteiger partial charge on any atom is 0.131 e. The minimum Gasteiger partial charge on any atom is -0.487 e. The second kappa shape index (κ2) is 8.70. The Morgan fingerprint density at radius 3 is 2.48 bits per heavy atom. The van der Waals surface area contributed by atoms with Gasteiger partial charge in [-0.1, -0.05) is 54.6 Å². The van der Waals surface area contributed by atoms with Crippen LogP contribution in [-0.2, 0) is 6.61 Å². The van der Waals surface area contributed by atoms with Crippen molar-refractivity contribution in [3.8, 4) is 16.3 Å². The standard InChI is InChI=1S/C25H20FN3OS/c26-20-10-6-17(7-11-20)23-14-24(29-28-23)18-8-12-22(13-9-18)30-15-21-16-31-25(27-21)19-4-2-1-3-5-19/h1-13,16,24,29H,14-15H2. The third-order valence-corrected chi connectivity index (χ3v) is 6.11. The Balaban J connectivity index is 1.18. The Bertz CT molecular complexity index is 1190. The molecule has 2 heterocycles. The molecule has 1 aromatic heterocycles. The van der Waals surface area contributed by atoms with Crippen LogP contribution in [-0.4, -0.2) is 10.7 Å². The average molecular weight is 430 g/mol. The van der Waals surface area contributed by atoms with Gasteiger partial charge in [0.25, 0.3) is 0 Å². The van der Waals surface area contributed by atoms with Crippen molar-refractivity contribution in [1.29, 1.82) is 0 Å². The molecule has 3 aromatic carbocycles. The first-order chi connectivity index (χ1) is 15.2. The first-order valence-electron chi connectivity index (χ1n) is 10.1. The van der Waals surface area contributed by atoms with Crippen molar-refractivity contribution in [1.82, 2.24) is 10.4 Å². The van der Waals surface area contributed by atoms with E-state index in [1.807, 2.05) is 47.8 Å². The Kier molecular flexibility index (Phi) is 5.46. The summed E-state index contributed by atoms with van der Waals surface area (Å²) in [4.78, 5) is 4.66. The molecule has 154 valence electrons. The summed E-state index contributed by atoms with van der Waals surface area (Å²) in [5.74, 6) is 0.562. The summed E-state index contributed by atoms with van der Waals surface area (Å²) >= 11 is 1.62. The molecule has 1 aliphatic rings. The van der Waals surface area contributed by atoms with Crippen molar-refractivity contribution in [3.63, 3.8) is 0 Å². The van der Waals surface area contributed by atoms with Gasteiger partial charge in [0.1, 0.15) is 23.2 Å². The minimum atomic E-state index is -0.239. The number of halogens is 1.